The minimum atomic E-state index is 0.387. The first-order valence-electron chi connectivity index (χ1n) is 5.50. The molecule has 0 spiro atoms. The Bertz CT molecular complexity index is 326. The van der Waals surface area contributed by atoms with Crippen molar-refractivity contribution in [3.63, 3.8) is 0 Å². The van der Waals surface area contributed by atoms with Crippen molar-refractivity contribution < 1.29 is 0 Å². The highest BCUT2D eigenvalue weighted by atomic mass is 35.5. The lowest BCUT2D eigenvalue weighted by Crippen LogP contribution is -2.33. The summed E-state index contributed by atoms with van der Waals surface area (Å²) in [6.07, 6.45) is 4.62. The van der Waals surface area contributed by atoms with Gasteiger partial charge in [-0.15, -0.1) is 11.3 Å². The molecule has 1 saturated carbocycles. The van der Waals surface area contributed by atoms with Crippen LogP contribution in [0.1, 0.15) is 31.1 Å². The minimum absolute atomic E-state index is 0.387. The van der Waals surface area contributed by atoms with Crippen molar-refractivity contribution in [1.82, 2.24) is 4.98 Å². The van der Waals surface area contributed by atoms with Crippen LogP contribution in [-0.4, -0.2) is 11.0 Å². The smallest absolute Gasteiger partial charge is 0.143 e. The van der Waals surface area contributed by atoms with Crippen LogP contribution < -0.4 is 5.73 Å². The maximum atomic E-state index is 6.01. The molecule has 1 aliphatic carbocycles. The first-order chi connectivity index (χ1) is 7.16. The van der Waals surface area contributed by atoms with Gasteiger partial charge in [-0.1, -0.05) is 18.5 Å². The SMILES string of the molecule is CC1CCC(N)CC1Cc1scnc1Cl. The first-order valence-corrected chi connectivity index (χ1v) is 6.76. The van der Waals surface area contributed by atoms with E-state index in [1.807, 2.05) is 5.51 Å². The molecule has 2 N–H and O–H groups in total. The van der Waals surface area contributed by atoms with E-state index in [1.54, 1.807) is 11.3 Å². The van der Waals surface area contributed by atoms with Crippen LogP contribution in [0.25, 0.3) is 0 Å². The van der Waals surface area contributed by atoms with Crippen LogP contribution in [0.15, 0.2) is 5.51 Å². The van der Waals surface area contributed by atoms with E-state index >= 15 is 0 Å². The molecular formula is C11H17ClN2S. The van der Waals surface area contributed by atoms with Gasteiger partial charge in [0.1, 0.15) is 5.15 Å². The molecule has 0 saturated heterocycles. The molecule has 4 heteroatoms. The van der Waals surface area contributed by atoms with Gasteiger partial charge in [0.2, 0.25) is 0 Å². The predicted molar refractivity (Wildman–Crippen MR) is 65.3 cm³/mol. The number of hydrogen-bond acceptors (Lipinski definition) is 3. The van der Waals surface area contributed by atoms with Gasteiger partial charge in [0.25, 0.3) is 0 Å². The second kappa shape index (κ2) is 4.81. The van der Waals surface area contributed by atoms with Crippen molar-refractivity contribution in [3.05, 3.63) is 15.5 Å². The summed E-state index contributed by atoms with van der Waals surface area (Å²) < 4.78 is 0. The van der Waals surface area contributed by atoms with Gasteiger partial charge < -0.3 is 5.73 Å². The molecule has 1 heterocycles. The van der Waals surface area contributed by atoms with Crippen molar-refractivity contribution >= 4 is 22.9 Å². The maximum Gasteiger partial charge on any atom is 0.143 e. The molecule has 0 aliphatic heterocycles. The van der Waals surface area contributed by atoms with Crippen LogP contribution in [-0.2, 0) is 6.42 Å². The minimum Gasteiger partial charge on any atom is -0.328 e. The molecule has 0 amide bonds. The van der Waals surface area contributed by atoms with E-state index in [9.17, 15) is 0 Å². The van der Waals surface area contributed by atoms with Gasteiger partial charge in [-0.25, -0.2) is 4.98 Å². The molecule has 1 fully saturated rings. The zero-order valence-corrected chi connectivity index (χ0v) is 10.5. The largest absolute Gasteiger partial charge is 0.328 e. The third kappa shape index (κ3) is 2.71. The molecule has 3 unspecified atom stereocenters. The molecule has 84 valence electrons. The number of halogens is 1. The van der Waals surface area contributed by atoms with E-state index in [0.717, 1.165) is 18.8 Å². The predicted octanol–water partition coefficient (Wildman–Crippen LogP) is 3.10. The second-order valence-electron chi connectivity index (χ2n) is 4.58. The number of hydrogen-bond donors (Lipinski definition) is 1. The van der Waals surface area contributed by atoms with E-state index in [-0.39, 0.29) is 0 Å². The average Bonchev–Trinajstić information content (AvgIpc) is 2.58. The number of nitrogens with zero attached hydrogens (tertiary/aromatic N) is 1. The third-order valence-corrected chi connectivity index (χ3v) is 4.73. The molecule has 0 aromatic carbocycles. The van der Waals surface area contributed by atoms with Gasteiger partial charge in [0, 0.05) is 10.9 Å². The van der Waals surface area contributed by atoms with Crippen molar-refractivity contribution in [2.45, 2.75) is 38.6 Å². The summed E-state index contributed by atoms with van der Waals surface area (Å²) in [6, 6.07) is 0.387. The van der Waals surface area contributed by atoms with Gasteiger partial charge in [0.15, 0.2) is 0 Å². The Morgan fingerprint density at radius 1 is 1.60 bits per heavy atom. The standard InChI is InChI=1S/C11H17ClN2S/c1-7-2-3-9(13)4-8(7)5-10-11(12)14-6-15-10/h6-9H,2-5,13H2,1H3. The normalized spacial score (nSPS) is 31.8. The van der Waals surface area contributed by atoms with Gasteiger partial charge >= 0.3 is 0 Å². The Morgan fingerprint density at radius 3 is 3.07 bits per heavy atom. The van der Waals surface area contributed by atoms with Gasteiger partial charge in [-0.05, 0) is 37.5 Å². The van der Waals surface area contributed by atoms with Crippen molar-refractivity contribution in [2.24, 2.45) is 17.6 Å². The summed E-state index contributed by atoms with van der Waals surface area (Å²) in [5.41, 5.74) is 7.83. The van der Waals surface area contributed by atoms with E-state index in [2.05, 4.69) is 11.9 Å². The Labute approximate surface area is 99.8 Å². The number of thiazole rings is 1. The molecular weight excluding hydrogens is 228 g/mol. The van der Waals surface area contributed by atoms with Crippen LogP contribution in [0.3, 0.4) is 0 Å². The van der Waals surface area contributed by atoms with E-state index in [0.29, 0.717) is 17.1 Å². The van der Waals surface area contributed by atoms with Gasteiger partial charge in [-0.2, -0.15) is 0 Å². The highest BCUT2D eigenvalue weighted by molar-refractivity contribution is 7.10. The zero-order valence-electron chi connectivity index (χ0n) is 8.95. The van der Waals surface area contributed by atoms with Crippen LogP contribution in [0, 0.1) is 11.8 Å². The fraction of sp³-hybridized carbons (Fsp3) is 0.727. The number of nitrogens with two attached hydrogens (primary N) is 1. The van der Waals surface area contributed by atoms with Crippen LogP contribution in [0.5, 0.6) is 0 Å². The lowest BCUT2D eigenvalue weighted by Gasteiger charge is -2.32. The van der Waals surface area contributed by atoms with Crippen LogP contribution >= 0.6 is 22.9 Å². The van der Waals surface area contributed by atoms with E-state index in [4.69, 9.17) is 17.3 Å². The summed E-state index contributed by atoms with van der Waals surface area (Å²) in [7, 11) is 0. The molecule has 1 aromatic heterocycles. The molecule has 3 atom stereocenters. The zero-order chi connectivity index (χ0) is 10.8. The van der Waals surface area contributed by atoms with Crippen LogP contribution in [0.4, 0.5) is 0 Å². The fourth-order valence-electron chi connectivity index (χ4n) is 2.36. The average molecular weight is 245 g/mol. The molecule has 1 aliphatic rings. The van der Waals surface area contributed by atoms with Gasteiger partial charge in [0.05, 0.1) is 5.51 Å². The maximum absolute atomic E-state index is 6.01. The summed E-state index contributed by atoms with van der Waals surface area (Å²) in [5.74, 6) is 1.45. The monoisotopic (exact) mass is 244 g/mol. The van der Waals surface area contributed by atoms with Gasteiger partial charge in [-0.3, -0.25) is 0 Å². The lowest BCUT2D eigenvalue weighted by atomic mass is 9.76. The summed E-state index contributed by atoms with van der Waals surface area (Å²) in [6.45, 7) is 2.32. The Kier molecular flexibility index (Phi) is 3.65. The summed E-state index contributed by atoms with van der Waals surface area (Å²) in [5, 5.41) is 0.686. The highest BCUT2D eigenvalue weighted by Crippen LogP contribution is 2.34. The molecule has 2 rings (SSSR count). The second-order valence-corrected chi connectivity index (χ2v) is 5.88. The summed E-state index contributed by atoms with van der Waals surface area (Å²) >= 11 is 7.67. The quantitative estimate of drug-likeness (QED) is 0.868. The Balaban J connectivity index is 2.01. The highest BCUT2D eigenvalue weighted by Gasteiger charge is 2.26. The Hall–Kier alpha value is -0.120. The fourth-order valence-corrected chi connectivity index (χ4v) is 3.43. The molecule has 1 aromatic rings. The van der Waals surface area contributed by atoms with E-state index < -0.39 is 0 Å². The van der Waals surface area contributed by atoms with Crippen LogP contribution in [0.2, 0.25) is 5.15 Å². The molecule has 0 bridgehead atoms. The number of aromatic nitrogens is 1. The first kappa shape index (κ1) is 11.4. The molecule has 2 nitrogen and oxygen atoms in total. The van der Waals surface area contributed by atoms with Crippen molar-refractivity contribution in [3.8, 4) is 0 Å². The topological polar surface area (TPSA) is 38.9 Å². The molecule has 0 radical (unpaired) electrons. The van der Waals surface area contributed by atoms with E-state index in [1.165, 1.54) is 17.7 Å². The van der Waals surface area contributed by atoms with Crippen molar-refractivity contribution in [2.75, 3.05) is 0 Å². The Morgan fingerprint density at radius 2 is 2.40 bits per heavy atom. The summed E-state index contributed by atoms with van der Waals surface area (Å²) in [4.78, 5) is 5.30. The lowest BCUT2D eigenvalue weighted by molar-refractivity contribution is 0.232. The molecule has 15 heavy (non-hydrogen) atoms. The van der Waals surface area contributed by atoms with Crippen molar-refractivity contribution in [1.29, 1.82) is 0 Å². The number of rotatable bonds is 2. The third-order valence-electron chi connectivity index (χ3n) is 3.44.